The molecular weight excluding hydrogens is 308 g/mol. The van der Waals surface area contributed by atoms with Crippen molar-refractivity contribution in [3.63, 3.8) is 0 Å². The monoisotopic (exact) mass is 332 g/mol. The molecule has 4 heterocycles. The molecule has 0 spiro atoms. The van der Waals surface area contributed by atoms with E-state index in [1.807, 2.05) is 11.3 Å². The lowest BCUT2D eigenvalue weighted by molar-refractivity contribution is 0.201. The number of nitrogens with zero attached hydrogens (tertiary/aromatic N) is 4. The molecule has 2 saturated heterocycles. The topological polar surface area (TPSA) is 45.4 Å². The van der Waals surface area contributed by atoms with Crippen LogP contribution in [-0.2, 0) is 13.1 Å². The molecule has 2 aromatic rings. The van der Waals surface area contributed by atoms with Crippen LogP contribution in [0.5, 0.6) is 0 Å². The third kappa shape index (κ3) is 3.82. The van der Waals surface area contributed by atoms with Gasteiger partial charge in [0, 0.05) is 23.9 Å². The Bertz CT molecular complexity index is 598. The van der Waals surface area contributed by atoms with Crippen LogP contribution in [0.25, 0.3) is 0 Å². The third-order valence-corrected chi connectivity index (χ3v) is 5.99. The average Bonchev–Trinajstić information content (AvgIpc) is 3.31. The molecule has 0 N–H and O–H groups in total. The van der Waals surface area contributed by atoms with Crippen LogP contribution in [0.2, 0.25) is 0 Å². The standard InChI is InChI=1S/C17H24N4OS/c1-2-6-20(5-1)10-14-9-16(23-12-14)11-21-7-3-15(4-8-21)17-18-13-22-19-17/h9,12-13,15H,1-8,10-11H2. The zero-order valence-corrected chi connectivity index (χ0v) is 14.3. The Labute approximate surface area is 141 Å². The first kappa shape index (κ1) is 15.3. The summed E-state index contributed by atoms with van der Waals surface area (Å²) in [5.74, 6) is 1.35. The number of likely N-dealkylation sites (tertiary alicyclic amines) is 2. The minimum atomic E-state index is 0.471. The Kier molecular flexibility index (Phi) is 4.73. The van der Waals surface area contributed by atoms with Crippen molar-refractivity contribution >= 4 is 11.3 Å². The molecular formula is C17H24N4OS. The normalized spacial score (nSPS) is 21.2. The molecule has 0 atom stereocenters. The Hall–Kier alpha value is -1.24. The van der Waals surface area contributed by atoms with Gasteiger partial charge in [-0.1, -0.05) is 5.16 Å². The number of rotatable bonds is 5. The van der Waals surface area contributed by atoms with Crippen molar-refractivity contribution in [3.05, 3.63) is 34.1 Å². The quantitative estimate of drug-likeness (QED) is 0.842. The second-order valence-corrected chi connectivity index (χ2v) is 7.74. The second-order valence-electron chi connectivity index (χ2n) is 6.74. The molecule has 0 bridgehead atoms. The average molecular weight is 332 g/mol. The van der Waals surface area contributed by atoms with Crippen molar-refractivity contribution in [2.24, 2.45) is 0 Å². The van der Waals surface area contributed by atoms with Crippen LogP contribution >= 0.6 is 11.3 Å². The summed E-state index contributed by atoms with van der Waals surface area (Å²) in [4.78, 5) is 10.8. The van der Waals surface area contributed by atoms with E-state index in [0.29, 0.717) is 5.92 Å². The van der Waals surface area contributed by atoms with Gasteiger partial charge in [-0.3, -0.25) is 9.80 Å². The maximum Gasteiger partial charge on any atom is 0.213 e. The molecule has 2 fully saturated rings. The predicted molar refractivity (Wildman–Crippen MR) is 90.4 cm³/mol. The molecule has 0 aromatic carbocycles. The number of aromatic nitrogens is 2. The highest BCUT2D eigenvalue weighted by atomic mass is 32.1. The van der Waals surface area contributed by atoms with Crippen LogP contribution in [0.1, 0.15) is 47.9 Å². The van der Waals surface area contributed by atoms with Crippen LogP contribution < -0.4 is 0 Å². The Morgan fingerprint density at radius 3 is 2.61 bits per heavy atom. The maximum absolute atomic E-state index is 4.87. The van der Waals surface area contributed by atoms with E-state index in [9.17, 15) is 0 Å². The second kappa shape index (κ2) is 7.11. The van der Waals surface area contributed by atoms with Gasteiger partial charge >= 0.3 is 0 Å². The van der Waals surface area contributed by atoms with E-state index in [1.54, 1.807) is 0 Å². The molecule has 4 rings (SSSR count). The highest BCUT2D eigenvalue weighted by molar-refractivity contribution is 7.10. The third-order valence-electron chi connectivity index (χ3n) is 5.02. The van der Waals surface area contributed by atoms with E-state index >= 15 is 0 Å². The molecule has 2 aliphatic rings. The summed E-state index contributed by atoms with van der Waals surface area (Å²) in [6.07, 6.45) is 6.44. The predicted octanol–water partition coefficient (Wildman–Crippen LogP) is 3.11. The van der Waals surface area contributed by atoms with Crippen molar-refractivity contribution in [2.75, 3.05) is 26.2 Å². The van der Waals surface area contributed by atoms with Crippen LogP contribution in [0.4, 0.5) is 0 Å². The summed E-state index contributed by atoms with van der Waals surface area (Å²) in [5, 5.41) is 6.34. The lowest BCUT2D eigenvalue weighted by Crippen LogP contribution is -2.32. The van der Waals surface area contributed by atoms with Crippen LogP contribution in [-0.4, -0.2) is 46.1 Å². The van der Waals surface area contributed by atoms with Crippen molar-refractivity contribution in [2.45, 2.75) is 44.7 Å². The minimum absolute atomic E-state index is 0.471. The summed E-state index contributed by atoms with van der Waals surface area (Å²) < 4.78 is 4.87. The summed E-state index contributed by atoms with van der Waals surface area (Å²) >= 11 is 1.92. The first-order chi connectivity index (χ1) is 11.4. The SMILES string of the molecule is c1nc(C2CCN(Cc3cc(CN4CCCC4)cs3)CC2)no1. The molecule has 2 aliphatic heterocycles. The molecule has 0 radical (unpaired) electrons. The number of piperidine rings is 1. The first-order valence-corrected chi connectivity index (χ1v) is 9.52. The van der Waals surface area contributed by atoms with Crippen LogP contribution in [0.15, 0.2) is 22.4 Å². The van der Waals surface area contributed by atoms with E-state index in [-0.39, 0.29) is 0 Å². The number of hydrogen-bond acceptors (Lipinski definition) is 6. The van der Waals surface area contributed by atoms with Crippen molar-refractivity contribution < 1.29 is 4.52 Å². The van der Waals surface area contributed by atoms with Crippen molar-refractivity contribution in [1.29, 1.82) is 0 Å². The summed E-state index contributed by atoms with van der Waals surface area (Å²) in [6, 6.07) is 2.41. The van der Waals surface area contributed by atoms with Gasteiger partial charge in [-0.2, -0.15) is 4.98 Å². The summed E-state index contributed by atoms with van der Waals surface area (Å²) in [7, 11) is 0. The molecule has 0 saturated carbocycles. The highest BCUT2D eigenvalue weighted by Gasteiger charge is 2.23. The van der Waals surface area contributed by atoms with Gasteiger partial charge in [0.05, 0.1) is 0 Å². The fourth-order valence-electron chi connectivity index (χ4n) is 3.72. The van der Waals surface area contributed by atoms with Gasteiger partial charge in [0.15, 0.2) is 5.82 Å². The largest absolute Gasteiger partial charge is 0.343 e. The smallest absolute Gasteiger partial charge is 0.213 e. The van der Waals surface area contributed by atoms with Gasteiger partial charge in [-0.05, 0) is 68.9 Å². The molecule has 0 unspecified atom stereocenters. The van der Waals surface area contributed by atoms with Crippen molar-refractivity contribution in [1.82, 2.24) is 19.9 Å². The van der Waals surface area contributed by atoms with E-state index in [2.05, 4.69) is 31.4 Å². The van der Waals surface area contributed by atoms with Crippen LogP contribution in [0.3, 0.4) is 0 Å². The molecule has 124 valence electrons. The van der Waals surface area contributed by atoms with Gasteiger partial charge in [0.25, 0.3) is 0 Å². The fraction of sp³-hybridized carbons (Fsp3) is 0.647. The lowest BCUT2D eigenvalue weighted by Gasteiger charge is -2.30. The van der Waals surface area contributed by atoms with E-state index < -0.39 is 0 Å². The molecule has 23 heavy (non-hydrogen) atoms. The van der Waals surface area contributed by atoms with E-state index in [1.165, 1.54) is 42.8 Å². The molecule has 5 nitrogen and oxygen atoms in total. The van der Waals surface area contributed by atoms with Crippen molar-refractivity contribution in [3.8, 4) is 0 Å². The van der Waals surface area contributed by atoms with Gasteiger partial charge < -0.3 is 4.52 Å². The van der Waals surface area contributed by atoms with E-state index in [0.717, 1.165) is 44.8 Å². The summed E-state index contributed by atoms with van der Waals surface area (Å²) in [5.41, 5.74) is 1.49. The van der Waals surface area contributed by atoms with Crippen LogP contribution in [0, 0.1) is 0 Å². The van der Waals surface area contributed by atoms with Gasteiger partial charge in [-0.15, -0.1) is 11.3 Å². The molecule has 2 aromatic heterocycles. The Morgan fingerprint density at radius 2 is 1.87 bits per heavy atom. The minimum Gasteiger partial charge on any atom is -0.343 e. The number of hydrogen-bond donors (Lipinski definition) is 0. The zero-order valence-electron chi connectivity index (χ0n) is 13.5. The molecule has 6 heteroatoms. The van der Waals surface area contributed by atoms with Gasteiger partial charge in [0.2, 0.25) is 6.39 Å². The maximum atomic E-state index is 4.87. The lowest BCUT2D eigenvalue weighted by atomic mass is 9.96. The first-order valence-electron chi connectivity index (χ1n) is 8.64. The zero-order chi connectivity index (χ0) is 15.5. The Balaban J connectivity index is 1.27. The number of thiophene rings is 1. The highest BCUT2D eigenvalue weighted by Crippen LogP contribution is 2.27. The molecule has 0 amide bonds. The molecule has 0 aliphatic carbocycles. The van der Waals surface area contributed by atoms with Gasteiger partial charge in [0.1, 0.15) is 0 Å². The fourth-order valence-corrected chi connectivity index (χ4v) is 4.64. The Morgan fingerprint density at radius 1 is 1.09 bits per heavy atom. The van der Waals surface area contributed by atoms with E-state index in [4.69, 9.17) is 4.52 Å². The van der Waals surface area contributed by atoms with Gasteiger partial charge in [-0.25, -0.2) is 0 Å². The summed E-state index contributed by atoms with van der Waals surface area (Å²) in [6.45, 7) is 7.01.